The molecule has 0 unspecified atom stereocenters. The highest BCUT2D eigenvalue weighted by Gasteiger charge is 2.30. The van der Waals surface area contributed by atoms with E-state index in [0.29, 0.717) is 24.2 Å². The van der Waals surface area contributed by atoms with Crippen LogP contribution in [0.25, 0.3) is 21.9 Å². The van der Waals surface area contributed by atoms with E-state index in [9.17, 15) is 14.4 Å². The number of carbonyl (C=O) groups is 2. The molecule has 7 heteroatoms. The molecular weight excluding hydrogens is 406 g/mol. The highest BCUT2D eigenvalue weighted by molar-refractivity contribution is 5.97. The first-order valence-corrected chi connectivity index (χ1v) is 10.8. The minimum Gasteiger partial charge on any atom is -0.481 e. The number of benzene rings is 2. The first kappa shape index (κ1) is 21.6. The number of aromatic nitrogens is 1. The first-order valence-electron chi connectivity index (χ1n) is 10.8. The number of aryl methyl sites for hydroxylation is 1. The molecule has 0 saturated carbocycles. The van der Waals surface area contributed by atoms with Crippen molar-refractivity contribution >= 4 is 22.6 Å². The van der Waals surface area contributed by atoms with E-state index in [1.165, 1.54) is 0 Å². The van der Waals surface area contributed by atoms with Gasteiger partial charge in [-0.1, -0.05) is 24.3 Å². The van der Waals surface area contributed by atoms with Crippen molar-refractivity contribution in [1.29, 1.82) is 0 Å². The number of nitrogens with two attached hydrogens (primary N) is 1. The van der Waals surface area contributed by atoms with Crippen LogP contribution in [0.5, 0.6) is 5.75 Å². The van der Waals surface area contributed by atoms with Gasteiger partial charge in [0.15, 0.2) is 6.10 Å². The van der Waals surface area contributed by atoms with E-state index in [-0.39, 0.29) is 29.7 Å². The van der Waals surface area contributed by atoms with Gasteiger partial charge in [-0.15, -0.1) is 0 Å². The van der Waals surface area contributed by atoms with Gasteiger partial charge in [-0.25, -0.2) is 0 Å². The summed E-state index contributed by atoms with van der Waals surface area (Å²) in [5.74, 6) is 0.0705. The van der Waals surface area contributed by atoms with Crippen LogP contribution in [0.1, 0.15) is 25.3 Å². The van der Waals surface area contributed by atoms with Crippen molar-refractivity contribution in [3.63, 3.8) is 0 Å². The molecule has 1 aliphatic heterocycles. The molecule has 2 aromatic carbocycles. The molecule has 3 N–H and O–H groups in total. The largest absolute Gasteiger partial charge is 0.481 e. The van der Waals surface area contributed by atoms with E-state index in [1.54, 1.807) is 30.2 Å². The molecule has 166 valence electrons. The van der Waals surface area contributed by atoms with Crippen LogP contribution in [0.4, 0.5) is 0 Å². The molecule has 32 heavy (non-hydrogen) atoms. The van der Waals surface area contributed by atoms with Crippen LogP contribution in [0.2, 0.25) is 0 Å². The summed E-state index contributed by atoms with van der Waals surface area (Å²) < 4.78 is 5.90. The molecule has 1 saturated heterocycles. The van der Waals surface area contributed by atoms with Gasteiger partial charge in [0, 0.05) is 31.3 Å². The second-order valence-corrected chi connectivity index (χ2v) is 8.42. The van der Waals surface area contributed by atoms with Gasteiger partial charge in [0.1, 0.15) is 5.75 Å². The number of carbonyl (C=O) groups excluding carboxylic acids is 2. The SMILES string of the molecule is Cc1ccccc1-c1c[nH]c(=O)c2cc(O[C@H](C)C(=O)N3CC[C@H](CC(N)=O)C3)ccc12. The minimum absolute atomic E-state index is 0.0998. The summed E-state index contributed by atoms with van der Waals surface area (Å²) >= 11 is 0. The predicted molar refractivity (Wildman–Crippen MR) is 123 cm³/mol. The van der Waals surface area contributed by atoms with Gasteiger partial charge < -0.3 is 20.4 Å². The lowest BCUT2D eigenvalue weighted by Gasteiger charge is -2.22. The summed E-state index contributed by atoms with van der Waals surface area (Å²) in [5.41, 5.74) is 8.16. The fourth-order valence-electron chi connectivity index (χ4n) is 4.41. The number of ether oxygens (including phenoxy) is 1. The number of hydrogen-bond donors (Lipinski definition) is 2. The van der Waals surface area contributed by atoms with Crippen LogP contribution in [0, 0.1) is 12.8 Å². The van der Waals surface area contributed by atoms with Crippen molar-refractivity contribution < 1.29 is 14.3 Å². The number of amides is 2. The summed E-state index contributed by atoms with van der Waals surface area (Å²) in [6, 6.07) is 13.3. The third-order valence-electron chi connectivity index (χ3n) is 6.06. The zero-order chi connectivity index (χ0) is 22.8. The fourth-order valence-corrected chi connectivity index (χ4v) is 4.41. The van der Waals surface area contributed by atoms with Gasteiger partial charge in [-0.2, -0.15) is 0 Å². The lowest BCUT2D eigenvalue weighted by molar-refractivity contribution is -0.137. The smallest absolute Gasteiger partial charge is 0.263 e. The van der Waals surface area contributed by atoms with E-state index in [4.69, 9.17) is 10.5 Å². The van der Waals surface area contributed by atoms with E-state index >= 15 is 0 Å². The van der Waals surface area contributed by atoms with Gasteiger partial charge in [0.05, 0.1) is 5.39 Å². The van der Waals surface area contributed by atoms with Gasteiger partial charge in [0.25, 0.3) is 11.5 Å². The number of hydrogen-bond acceptors (Lipinski definition) is 4. The summed E-state index contributed by atoms with van der Waals surface area (Å²) in [6.07, 6.45) is 2.07. The average Bonchev–Trinajstić information content (AvgIpc) is 3.22. The Morgan fingerprint density at radius 3 is 2.72 bits per heavy atom. The molecule has 4 rings (SSSR count). The monoisotopic (exact) mass is 433 g/mol. The molecule has 3 aromatic rings. The average molecular weight is 434 g/mol. The summed E-state index contributed by atoms with van der Waals surface area (Å²) in [4.78, 5) is 41.0. The highest BCUT2D eigenvalue weighted by atomic mass is 16.5. The summed E-state index contributed by atoms with van der Waals surface area (Å²) in [5, 5.41) is 1.33. The van der Waals surface area contributed by atoms with Crippen molar-refractivity contribution in [2.75, 3.05) is 13.1 Å². The Bertz CT molecular complexity index is 1230. The maximum Gasteiger partial charge on any atom is 0.263 e. The lowest BCUT2D eigenvalue weighted by atomic mass is 9.97. The van der Waals surface area contributed by atoms with E-state index in [0.717, 1.165) is 28.5 Å². The zero-order valence-corrected chi connectivity index (χ0v) is 18.3. The van der Waals surface area contributed by atoms with Crippen LogP contribution in [0.15, 0.2) is 53.5 Å². The summed E-state index contributed by atoms with van der Waals surface area (Å²) in [7, 11) is 0. The van der Waals surface area contributed by atoms with Crippen LogP contribution in [0.3, 0.4) is 0 Å². The Kier molecular flexibility index (Phi) is 5.99. The Morgan fingerprint density at radius 1 is 1.19 bits per heavy atom. The van der Waals surface area contributed by atoms with Gasteiger partial charge in [-0.05, 0) is 60.9 Å². The van der Waals surface area contributed by atoms with Crippen molar-refractivity contribution in [1.82, 2.24) is 9.88 Å². The number of aromatic amines is 1. The number of fused-ring (bicyclic) bond motifs is 1. The van der Waals surface area contributed by atoms with Crippen molar-refractivity contribution in [2.24, 2.45) is 11.7 Å². The number of pyridine rings is 1. The number of nitrogens with zero attached hydrogens (tertiary/aromatic N) is 1. The third kappa shape index (κ3) is 4.37. The van der Waals surface area contributed by atoms with Gasteiger partial charge in [-0.3, -0.25) is 14.4 Å². The molecule has 2 atom stereocenters. The zero-order valence-electron chi connectivity index (χ0n) is 18.3. The van der Waals surface area contributed by atoms with Crippen molar-refractivity contribution in [3.05, 3.63) is 64.6 Å². The van der Waals surface area contributed by atoms with Crippen molar-refractivity contribution in [2.45, 2.75) is 32.8 Å². The maximum atomic E-state index is 12.8. The third-order valence-corrected chi connectivity index (χ3v) is 6.06. The highest BCUT2D eigenvalue weighted by Crippen LogP contribution is 2.31. The topological polar surface area (TPSA) is 105 Å². The van der Waals surface area contributed by atoms with Gasteiger partial charge >= 0.3 is 0 Å². The van der Waals surface area contributed by atoms with Crippen LogP contribution >= 0.6 is 0 Å². The Labute approximate surface area is 186 Å². The second kappa shape index (κ2) is 8.86. The molecule has 2 heterocycles. The molecule has 1 fully saturated rings. The molecule has 0 bridgehead atoms. The summed E-state index contributed by atoms with van der Waals surface area (Å²) in [6.45, 7) is 4.82. The predicted octanol–water partition coefficient (Wildman–Crippen LogP) is 2.99. The Morgan fingerprint density at radius 2 is 1.97 bits per heavy atom. The van der Waals surface area contributed by atoms with E-state index in [1.807, 2.05) is 37.3 Å². The molecule has 0 spiro atoms. The van der Waals surface area contributed by atoms with Crippen LogP contribution in [-0.4, -0.2) is 40.9 Å². The molecule has 0 radical (unpaired) electrons. The van der Waals surface area contributed by atoms with E-state index in [2.05, 4.69) is 4.98 Å². The molecule has 2 amide bonds. The minimum atomic E-state index is -0.710. The quantitative estimate of drug-likeness (QED) is 0.623. The number of nitrogens with one attached hydrogen (secondary N) is 1. The molecule has 1 aromatic heterocycles. The van der Waals surface area contributed by atoms with E-state index < -0.39 is 6.10 Å². The van der Waals surface area contributed by atoms with Gasteiger partial charge in [0.2, 0.25) is 5.91 Å². The van der Waals surface area contributed by atoms with Crippen molar-refractivity contribution in [3.8, 4) is 16.9 Å². The van der Waals surface area contributed by atoms with Crippen LogP contribution in [-0.2, 0) is 9.59 Å². The second-order valence-electron chi connectivity index (χ2n) is 8.42. The molecular formula is C25H27N3O4. The number of H-pyrrole nitrogens is 1. The fraction of sp³-hybridized carbons (Fsp3) is 0.320. The van der Waals surface area contributed by atoms with Crippen LogP contribution < -0.4 is 16.0 Å². The normalized spacial score (nSPS) is 16.8. The standard InChI is InChI=1S/C25H27N3O4/c1-15-5-3-4-6-19(15)22-13-27-24(30)21-12-18(7-8-20(21)22)32-16(2)25(31)28-10-9-17(14-28)11-23(26)29/h3-8,12-13,16-17H,9-11,14H2,1-2H3,(H2,26,29)(H,27,30)/t16-,17-/m1/s1. The maximum absolute atomic E-state index is 12.8. The molecule has 1 aliphatic rings. The Hall–Kier alpha value is -3.61. The molecule has 0 aliphatic carbocycles. The lowest BCUT2D eigenvalue weighted by Crippen LogP contribution is -2.39. The molecule has 7 nitrogen and oxygen atoms in total. The number of rotatable bonds is 6. The number of primary amides is 1. The number of likely N-dealkylation sites (tertiary alicyclic amines) is 1. The Balaban J connectivity index is 1.55. The first-order chi connectivity index (χ1) is 15.3.